The molecule has 1 aliphatic heterocycles. The fourth-order valence-corrected chi connectivity index (χ4v) is 3.73. The van der Waals surface area contributed by atoms with E-state index in [4.69, 9.17) is 0 Å². The fourth-order valence-electron chi connectivity index (χ4n) is 3.73. The Morgan fingerprint density at radius 3 is 2.56 bits per heavy atom. The number of urea groups is 1. The molecule has 0 radical (unpaired) electrons. The summed E-state index contributed by atoms with van der Waals surface area (Å²) >= 11 is 0. The van der Waals surface area contributed by atoms with Gasteiger partial charge in [-0.3, -0.25) is 14.5 Å². The highest BCUT2D eigenvalue weighted by Crippen LogP contribution is 2.23. The number of nitrogens with one attached hydrogen (secondary N) is 1. The molecule has 0 aromatic heterocycles. The molecular formula is C21H24N2O4. The van der Waals surface area contributed by atoms with Crippen LogP contribution in [0.25, 0.3) is 10.8 Å². The van der Waals surface area contributed by atoms with Gasteiger partial charge in [0.1, 0.15) is 18.7 Å². The van der Waals surface area contributed by atoms with Gasteiger partial charge in [-0.15, -0.1) is 0 Å². The summed E-state index contributed by atoms with van der Waals surface area (Å²) in [6.45, 7) is 2.81. The van der Waals surface area contributed by atoms with Crippen molar-refractivity contribution in [3.05, 3.63) is 48.0 Å². The zero-order chi connectivity index (χ0) is 19.6. The number of fused-ring (bicyclic) bond motifs is 1. The number of Topliss-reactive ketones (excluding diaryl/α,β-unsaturated/α-hetero) is 1. The van der Waals surface area contributed by atoms with E-state index in [9.17, 15) is 19.5 Å². The SMILES string of the molecule is CC(C)[C@H](C(=O)CO)N1C(=O)N[C@@H](CCc2cccc3ccccc23)C1=O. The van der Waals surface area contributed by atoms with E-state index >= 15 is 0 Å². The van der Waals surface area contributed by atoms with Crippen LogP contribution in [0.4, 0.5) is 4.79 Å². The number of hydrogen-bond donors (Lipinski definition) is 2. The highest BCUT2D eigenvalue weighted by atomic mass is 16.3. The molecule has 2 atom stereocenters. The van der Waals surface area contributed by atoms with Crippen LogP contribution in [0.15, 0.2) is 42.5 Å². The van der Waals surface area contributed by atoms with Gasteiger partial charge in [-0.2, -0.15) is 0 Å². The van der Waals surface area contributed by atoms with E-state index in [0.29, 0.717) is 12.8 Å². The van der Waals surface area contributed by atoms with Crippen molar-refractivity contribution in [3.63, 3.8) is 0 Å². The van der Waals surface area contributed by atoms with Gasteiger partial charge in [-0.05, 0) is 35.1 Å². The van der Waals surface area contributed by atoms with Crippen LogP contribution in [0.1, 0.15) is 25.8 Å². The number of rotatable bonds is 7. The number of aliphatic hydroxyl groups excluding tert-OH is 1. The first-order chi connectivity index (χ1) is 12.9. The Labute approximate surface area is 158 Å². The third kappa shape index (κ3) is 3.71. The Kier molecular flexibility index (Phi) is 5.56. The van der Waals surface area contributed by atoms with E-state index in [2.05, 4.69) is 5.32 Å². The summed E-state index contributed by atoms with van der Waals surface area (Å²) in [7, 11) is 0. The zero-order valence-electron chi connectivity index (χ0n) is 15.5. The lowest BCUT2D eigenvalue weighted by Crippen LogP contribution is -2.49. The molecule has 0 spiro atoms. The van der Waals surface area contributed by atoms with E-state index in [1.165, 1.54) is 0 Å². The highest BCUT2D eigenvalue weighted by molar-refractivity contribution is 6.08. The van der Waals surface area contributed by atoms with Gasteiger partial charge in [-0.1, -0.05) is 56.3 Å². The second-order valence-electron chi connectivity index (χ2n) is 7.20. The molecule has 1 heterocycles. The van der Waals surface area contributed by atoms with Crippen LogP contribution in [0, 0.1) is 5.92 Å². The van der Waals surface area contributed by atoms with Crippen LogP contribution in [-0.4, -0.2) is 46.4 Å². The average molecular weight is 368 g/mol. The van der Waals surface area contributed by atoms with Gasteiger partial charge in [0.15, 0.2) is 5.78 Å². The Hall–Kier alpha value is -2.73. The molecule has 0 unspecified atom stereocenters. The number of carbonyl (C=O) groups excluding carboxylic acids is 3. The molecule has 1 fully saturated rings. The summed E-state index contributed by atoms with van der Waals surface area (Å²) in [5.41, 5.74) is 1.11. The first kappa shape index (κ1) is 19.0. The van der Waals surface area contributed by atoms with Crippen molar-refractivity contribution in [2.45, 2.75) is 38.8 Å². The topological polar surface area (TPSA) is 86.7 Å². The quantitative estimate of drug-likeness (QED) is 0.734. The van der Waals surface area contributed by atoms with Gasteiger partial charge in [-0.25, -0.2) is 4.79 Å². The molecule has 0 aliphatic carbocycles. The molecule has 2 aromatic rings. The molecule has 6 nitrogen and oxygen atoms in total. The van der Waals surface area contributed by atoms with Crippen molar-refractivity contribution >= 4 is 28.5 Å². The van der Waals surface area contributed by atoms with E-state index in [0.717, 1.165) is 21.2 Å². The number of nitrogens with zero attached hydrogens (tertiary/aromatic N) is 1. The monoisotopic (exact) mass is 368 g/mol. The Morgan fingerprint density at radius 2 is 1.85 bits per heavy atom. The largest absolute Gasteiger partial charge is 0.388 e. The van der Waals surface area contributed by atoms with Gasteiger partial charge in [0, 0.05) is 0 Å². The van der Waals surface area contributed by atoms with Crippen LogP contribution < -0.4 is 5.32 Å². The van der Waals surface area contributed by atoms with E-state index in [1.807, 2.05) is 42.5 Å². The summed E-state index contributed by atoms with van der Waals surface area (Å²) in [5.74, 6) is -1.19. The van der Waals surface area contributed by atoms with E-state index in [1.54, 1.807) is 13.8 Å². The molecule has 1 saturated heterocycles. The van der Waals surface area contributed by atoms with Crippen molar-refractivity contribution in [1.29, 1.82) is 0 Å². The molecule has 142 valence electrons. The van der Waals surface area contributed by atoms with Gasteiger partial charge in [0.2, 0.25) is 0 Å². The summed E-state index contributed by atoms with van der Waals surface area (Å²) in [5, 5.41) is 14.1. The summed E-state index contributed by atoms with van der Waals surface area (Å²) in [6.07, 6.45) is 1.08. The number of imide groups is 1. The highest BCUT2D eigenvalue weighted by Gasteiger charge is 2.45. The predicted octanol–water partition coefficient (Wildman–Crippen LogP) is 2.28. The summed E-state index contributed by atoms with van der Waals surface area (Å²) in [6, 6.07) is 11.9. The Bertz CT molecular complexity index is 872. The molecule has 2 aromatic carbocycles. The first-order valence-electron chi connectivity index (χ1n) is 9.17. The van der Waals surface area contributed by atoms with Gasteiger partial charge < -0.3 is 10.4 Å². The molecule has 0 bridgehead atoms. The van der Waals surface area contributed by atoms with Gasteiger partial charge >= 0.3 is 6.03 Å². The van der Waals surface area contributed by atoms with Crippen molar-refractivity contribution in [1.82, 2.24) is 10.2 Å². The minimum Gasteiger partial charge on any atom is -0.388 e. The molecule has 6 heteroatoms. The number of hydrogen-bond acceptors (Lipinski definition) is 4. The van der Waals surface area contributed by atoms with Crippen LogP contribution >= 0.6 is 0 Å². The Morgan fingerprint density at radius 1 is 1.15 bits per heavy atom. The number of aliphatic hydroxyl groups is 1. The molecule has 1 aliphatic rings. The standard InChI is InChI=1S/C21H24N2O4/c1-13(2)19(18(25)12-24)23-20(26)17(22-21(23)27)11-10-15-8-5-7-14-6-3-4-9-16(14)15/h3-9,13,17,19,24H,10-12H2,1-2H3,(H,22,27)/t17-,19+/m0/s1. The summed E-state index contributed by atoms with van der Waals surface area (Å²) < 4.78 is 0. The van der Waals surface area contributed by atoms with Crippen LogP contribution in [0.5, 0.6) is 0 Å². The number of amides is 3. The third-order valence-corrected chi connectivity index (χ3v) is 5.03. The lowest BCUT2D eigenvalue weighted by atomic mass is 9.97. The average Bonchev–Trinajstić information content (AvgIpc) is 2.94. The molecule has 0 saturated carbocycles. The second-order valence-corrected chi connectivity index (χ2v) is 7.20. The third-order valence-electron chi connectivity index (χ3n) is 5.03. The smallest absolute Gasteiger partial charge is 0.325 e. The minimum atomic E-state index is -0.940. The fraction of sp³-hybridized carbons (Fsp3) is 0.381. The van der Waals surface area contributed by atoms with Gasteiger partial charge in [0.05, 0.1) is 0 Å². The summed E-state index contributed by atoms with van der Waals surface area (Å²) in [4.78, 5) is 38.1. The van der Waals surface area contributed by atoms with E-state index in [-0.39, 0.29) is 5.92 Å². The first-order valence-corrected chi connectivity index (χ1v) is 9.17. The van der Waals surface area contributed by atoms with Crippen LogP contribution in [0.3, 0.4) is 0 Å². The van der Waals surface area contributed by atoms with Crippen molar-refractivity contribution in [2.24, 2.45) is 5.92 Å². The van der Waals surface area contributed by atoms with Crippen molar-refractivity contribution < 1.29 is 19.5 Å². The number of carbonyl (C=O) groups is 3. The minimum absolute atomic E-state index is 0.267. The molecule has 3 rings (SSSR count). The Balaban J connectivity index is 1.76. The van der Waals surface area contributed by atoms with Crippen molar-refractivity contribution in [2.75, 3.05) is 6.61 Å². The number of ketones is 1. The zero-order valence-corrected chi connectivity index (χ0v) is 15.5. The maximum absolute atomic E-state index is 12.8. The van der Waals surface area contributed by atoms with Crippen LogP contribution in [-0.2, 0) is 16.0 Å². The lowest BCUT2D eigenvalue weighted by Gasteiger charge is -2.26. The number of aryl methyl sites for hydroxylation is 1. The normalized spacial score (nSPS) is 18.2. The number of benzene rings is 2. The molecule has 27 heavy (non-hydrogen) atoms. The molecular weight excluding hydrogens is 344 g/mol. The maximum atomic E-state index is 12.8. The van der Waals surface area contributed by atoms with Crippen LogP contribution in [0.2, 0.25) is 0 Å². The van der Waals surface area contributed by atoms with E-state index < -0.39 is 36.4 Å². The van der Waals surface area contributed by atoms with Gasteiger partial charge in [0.25, 0.3) is 5.91 Å². The van der Waals surface area contributed by atoms with Crippen molar-refractivity contribution in [3.8, 4) is 0 Å². The predicted molar refractivity (Wildman–Crippen MR) is 102 cm³/mol. The molecule has 2 N–H and O–H groups in total. The second kappa shape index (κ2) is 7.88. The maximum Gasteiger partial charge on any atom is 0.325 e. The molecule has 3 amide bonds. The lowest BCUT2D eigenvalue weighted by molar-refractivity contribution is -0.137.